The van der Waals surface area contributed by atoms with Gasteiger partial charge in [-0.25, -0.2) is 4.39 Å². The van der Waals surface area contributed by atoms with Crippen molar-refractivity contribution in [3.8, 4) is 0 Å². The molecule has 0 heterocycles. The standard InChI is InChI=1S/C13H7BrCl2FNO/c14-9-6-8(2-4-10(9)15)18-13(19)7-1-3-11(16)12(17)5-7/h1-6H,(H,18,19). The van der Waals surface area contributed by atoms with E-state index in [9.17, 15) is 9.18 Å². The van der Waals surface area contributed by atoms with E-state index in [1.807, 2.05) is 0 Å². The summed E-state index contributed by atoms with van der Waals surface area (Å²) in [7, 11) is 0. The van der Waals surface area contributed by atoms with Gasteiger partial charge in [-0.1, -0.05) is 23.2 Å². The lowest BCUT2D eigenvalue weighted by atomic mass is 10.2. The molecule has 0 spiro atoms. The van der Waals surface area contributed by atoms with Crippen molar-refractivity contribution in [3.63, 3.8) is 0 Å². The summed E-state index contributed by atoms with van der Waals surface area (Å²) in [5, 5.41) is 3.15. The predicted octanol–water partition coefficient (Wildman–Crippen LogP) is 5.15. The van der Waals surface area contributed by atoms with Gasteiger partial charge in [-0.05, 0) is 52.3 Å². The average molecular weight is 363 g/mol. The molecule has 0 unspecified atom stereocenters. The summed E-state index contributed by atoms with van der Waals surface area (Å²) in [5.74, 6) is -1.06. The summed E-state index contributed by atoms with van der Waals surface area (Å²) in [6, 6.07) is 8.82. The number of amides is 1. The lowest BCUT2D eigenvalue weighted by Gasteiger charge is -2.07. The summed E-state index contributed by atoms with van der Waals surface area (Å²) in [6.45, 7) is 0. The highest BCUT2D eigenvalue weighted by molar-refractivity contribution is 9.10. The fraction of sp³-hybridized carbons (Fsp3) is 0. The topological polar surface area (TPSA) is 29.1 Å². The molecule has 1 amide bonds. The van der Waals surface area contributed by atoms with Crippen LogP contribution in [-0.4, -0.2) is 5.91 Å². The molecule has 2 aromatic carbocycles. The Balaban J connectivity index is 2.20. The largest absolute Gasteiger partial charge is 0.322 e. The molecule has 2 rings (SSSR count). The van der Waals surface area contributed by atoms with Crippen LogP contribution in [0.15, 0.2) is 40.9 Å². The molecule has 0 fully saturated rings. The first-order valence-electron chi connectivity index (χ1n) is 5.19. The van der Waals surface area contributed by atoms with E-state index < -0.39 is 11.7 Å². The van der Waals surface area contributed by atoms with Crippen LogP contribution in [0.3, 0.4) is 0 Å². The van der Waals surface area contributed by atoms with E-state index in [0.717, 1.165) is 6.07 Å². The molecule has 0 saturated carbocycles. The van der Waals surface area contributed by atoms with E-state index in [1.54, 1.807) is 18.2 Å². The van der Waals surface area contributed by atoms with Crippen LogP contribution in [0.2, 0.25) is 10.0 Å². The minimum Gasteiger partial charge on any atom is -0.322 e. The van der Waals surface area contributed by atoms with Crippen molar-refractivity contribution < 1.29 is 9.18 Å². The average Bonchev–Trinajstić information content (AvgIpc) is 2.37. The van der Waals surface area contributed by atoms with Crippen LogP contribution < -0.4 is 5.32 Å². The van der Waals surface area contributed by atoms with E-state index in [2.05, 4.69) is 21.2 Å². The minimum absolute atomic E-state index is 0.0224. The number of carbonyl (C=O) groups excluding carboxylic acids is 1. The Hall–Kier alpha value is -1.10. The third kappa shape index (κ3) is 3.47. The SMILES string of the molecule is O=C(Nc1ccc(Cl)c(Br)c1)c1ccc(Cl)c(F)c1. The van der Waals surface area contributed by atoms with Crippen molar-refractivity contribution in [2.45, 2.75) is 0 Å². The van der Waals surface area contributed by atoms with Gasteiger partial charge in [0.2, 0.25) is 0 Å². The van der Waals surface area contributed by atoms with Crippen molar-refractivity contribution >= 4 is 50.7 Å². The highest BCUT2D eigenvalue weighted by atomic mass is 79.9. The summed E-state index contributed by atoms with van der Waals surface area (Å²) in [5.41, 5.74) is 0.740. The van der Waals surface area contributed by atoms with Crippen LogP contribution in [0, 0.1) is 5.82 Å². The molecule has 0 aliphatic rings. The Morgan fingerprint density at radius 3 is 2.42 bits per heavy atom. The second kappa shape index (κ2) is 5.90. The smallest absolute Gasteiger partial charge is 0.255 e. The number of benzene rings is 2. The van der Waals surface area contributed by atoms with Gasteiger partial charge in [0, 0.05) is 15.7 Å². The number of anilines is 1. The molecule has 2 aromatic rings. The fourth-order valence-electron chi connectivity index (χ4n) is 1.41. The summed E-state index contributed by atoms with van der Waals surface area (Å²) < 4.78 is 13.9. The van der Waals surface area contributed by atoms with Crippen LogP contribution in [-0.2, 0) is 0 Å². The summed E-state index contributed by atoms with van der Waals surface area (Å²) in [4.78, 5) is 11.9. The third-order valence-electron chi connectivity index (χ3n) is 2.36. The van der Waals surface area contributed by atoms with Crippen molar-refractivity contribution in [1.82, 2.24) is 0 Å². The maximum Gasteiger partial charge on any atom is 0.255 e. The highest BCUT2D eigenvalue weighted by Gasteiger charge is 2.09. The first kappa shape index (κ1) is 14.3. The summed E-state index contributed by atoms with van der Waals surface area (Å²) >= 11 is 14.7. The van der Waals surface area contributed by atoms with Gasteiger partial charge in [0.05, 0.1) is 10.0 Å². The van der Waals surface area contributed by atoms with Crippen LogP contribution in [0.25, 0.3) is 0 Å². The summed E-state index contributed by atoms with van der Waals surface area (Å²) in [6.07, 6.45) is 0. The Labute approximate surface area is 127 Å². The first-order valence-corrected chi connectivity index (χ1v) is 6.74. The van der Waals surface area contributed by atoms with Crippen molar-refractivity contribution in [3.05, 3.63) is 62.3 Å². The molecule has 2 nitrogen and oxygen atoms in total. The number of carbonyl (C=O) groups is 1. The van der Waals surface area contributed by atoms with Gasteiger partial charge in [0.1, 0.15) is 5.82 Å². The van der Waals surface area contributed by atoms with Gasteiger partial charge < -0.3 is 5.32 Å². The molecule has 0 aromatic heterocycles. The monoisotopic (exact) mass is 361 g/mol. The number of rotatable bonds is 2. The zero-order valence-electron chi connectivity index (χ0n) is 9.38. The molecule has 0 saturated heterocycles. The van der Waals surface area contributed by atoms with E-state index in [1.165, 1.54) is 12.1 Å². The van der Waals surface area contributed by atoms with Gasteiger partial charge >= 0.3 is 0 Å². The van der Waals surface area contributed by atoms with Crippen molar-refractivity contribution in [2.24, 2.45) is 0 Å². The van der Waals surface area contributed by atoms with E-state index >= 15 is 0 Å². The van der Waals surface area contributed by atoms with Crippen LogP contribution >= 0.6 is 39.1 Å². The Morgan fingerprint density at radius 1 is 1.11 bits per heavy atom. The molecule has 0 bridgehead atoms. The lowest BCUT2D eigenvalue weighted by molar-refractivity contribution is 0.102. The molecule has 6 heteroatoms. The number of hydrogen-bond acceptors (Lipinski definition) is 1. The second-order valence-electron chi connectivity index (χ2n) is 3.71. The van der Waals surface area contributed by atoms with E-state index in [0.29, 0.717) is 15.2 Å². The molecule has 19 heavy (non-hydrogen) atoms. The molecule has 0 atom stereocenters. The Kier molecular flexibility index (Phi) is 4.45. The van der Waals surface area contributed by atoms with Gasteiger partial charge in [0.15, 0.2) is 0 Å². The maximum atomic E-state index is 13.3. The van der Waals surface area contributed by atoms with E-state index in [-0.39, 0.29) is 10.6 Å². The van der Waals surface area contributed by atoms with Crippen molar-refractivity contribution in [2.75, 3.05) is 5.32 Å². The van der Waals surface area contributed by atoms with Gasteiger partial charge in [-0.15, -0.1) is 0 Å². The van der Waals surface area contributed by atoms with Crippen LogP contribution in [0.4, 0.5) is 10.1 Å². The molecular formula is C13H7BrCl2FNO. The number of hydrogen-bond donors (Lipinski definition) is 1. The van der Waals surface area contributed by atoms with Gasteiger partial charge in [-0.3, -0.25) is 4.79 Å². The Morgan fingerprint density at radius 2 is 1.79 bits per heavy atom. The number of halogens is 4. The molecule has 0 aliphatic heterocycles. The number of nitrogens with one attached hydrogen (secondary N) is 1. The lowest BCUT2D eigenvalue weighted by Crippen LogP contribution is -2.12. The molecular weight excluding hydrogens is 356 g/mol. The maximum absolute atomic E-state index is 13.3. The zero-order chi connectivity index (χ0) is 14.0. The molecule has 0 radical (unpaired) electrons. The van der Waals surface area contributed by atoms with E-state index in [4.69, 9.17) is 23.2 Å². The first-order chi connectivity index (χ1) is 8.97. The highest BCUT2D eigenvalue weighted by Crippen LogP contribution is 2.26. The van der Waals surface area contributed by atoms with Gasteiger partial charge in [-0.2, -0.15) is 0 Å². The third-order valence-corrected chi connectivity index (χ3v) is 3.88. The second-order valence-corrected chi connectivity index (χ2v) is 5.38. The molecule has 98 valence electrons. The van der Waals surface area contributed by atoms with Crippen LogP contribution in [0.1, 0.15) is 10.4 Å². The Bertz CT molecular complexity index is 649. The van der Waals surface area contributed by atoms with Crippen LogP contribution in [0.5, 0.6) is 0 Å². The van der Waals surface area contributed by atoms with Crippen molar-refractivity contribution in [1.29, 1.82) is 0 Å². The quantitative estimate of drug-likeness (QED) is 0.786. The molecule has 1 N–H and O–H groups in total. The van der Waals surface area contributed by atoms with Gasteiger partial charge in [0.25, 0.3) is 5.91 Å². The molecule has 0 aliphatic carbocycles. The minimum atomic E-state index is -0.633. The fourth-order valence-corrected chi connectivity index (χ4v) is 2.03. The normalized spacial score (nSPS) is 10.3. The predicted molar refractivity (Wildman–Crippen MR) is 78.5 cm³/mol. The zero-order valence-corrected chi connectivity index (χ0v) is 12.5.